The Hall–Kier alpha value is -2.55. The van der Waals surface area contributed by atoms with Crippen molar-refractivity contribution in [1.82, 2.24) is 5.32 Å². The molecule has 0 saturated heterocycles. The third kappa shape index (κ3) is 4.96. The van der Waals surface area contributed by atoms with Crippen molar-refractivity contribution in [2.75, 3.05) is 0 Å². The molecule has 0 radical (unpaired) electrons. The van der Waals surface area contributed by atoms with Gasteiger partial charge in [-0.3, -0.25) is 4.99 Å². The van der Waals surface area contributed by atoms with Crippen LogP contribution in [0.4, 0.5) is 0 Å². The Morgan fingerprint density at radius 1 is 1.32 bits per heavy atom. The van der Waals surface area contributed by atoms with Crippen LogP contribution in [0.5, 0.6) is 0 Å². The molecule has 0 aliphatic carbocycles. The first kappa shape index (κ1) is 18.8. The van der Waals surface area contributed by atoms with Crippen molar-refractivity contribution >= 4 is 11.4 Å². The third-order valence-corrected chi connectivity index (χ3v) is 4.42. The highest BCUT2D eigenvalue weighted by atomic mass is 14.9. The maximum atomic E-state index is 6.15. The van der Waals surface area contributed by atoms with Crippen LogP contribution >= 0.6 is 0 Å². The van der Waals surface area contributed by atoms with Gasteiger partial charge in [0, 0.05) is 30.1 Å². The molecule has 3 nitrogen and oxygen atoms in total. The smallest absolute Gasteiger partial charge is 0.0521 e. The molecule has 0 aromatic heterocycles. The lowest BCUT2D eigenvalue weighted by molar-refractivity contribution is 0.537. The van der Waals surface area contributed by atoms with Crippen molar-refractivity contribution in [1.29, 1.82) is 0 Å². The summed E-state index contributed by atoms with van der Waals surface area (Å²) in [6, 6.07) is 8.65. The Bertz CT molecular complexity index is 746. The second-order valence-electron chi connectivity index (χ2n) is 6.57. The van der Waals surface area contributed by atoms with E-state index in [1.165, 1.54) is 0 Å². The lowest BCUT2D eigenvalue weighted by atomic mass is 9.99. The van der Waals surface area contributed by atoms with Crippen LogP contribution in [0.1, 0.15) is 51.2 Å². The molecule has 0 bridgehead atoms. The second kappa shape index (κ2) is 8.52. The van der Waals surface area contributed by atoms with Gasteiger partial charge in [0.2, 0.25) is 0 Å². The maximum absolute atomic E-state index is 6.15. The van der Waals surface area contributed by atoms with Gasteiger partial charge in [-0.2, -0.15) is 0 Å². The molecule has 0 amide bonds. The van der Waals surface area contributed by atoms with Gasteiger partial charge >= 0.3 is 0 Å². The highest BCUT2D eigenvalue weighted by Gasteiger charge is 2.16. The zero-order valence-electron chi connectivity index (χ0n) is 15.6. The monoisotopic (exact) mass is 335 g/mol. The molecule has 3 N–H and O–H groups in total. The lowest BCUT2D eigenvalue weighted by Gasteiger charge is -2.18. The largest absolute Gasteiger partial charge is 0.398 e. The van der Waals surface area contributed by atoms with Crippen molar-refractivity contribution in [2.24, 2.45) is 10.7 Å². The van der Waals surface area contributed by atoms with Gasteiger partial charge in [0.25, 0.3) is 0 Å². The molecule has 1 aromatic carbocycles. The molecule has 1 aromatic rings. The second-order valence-corrected chi connectivity index (χ2v) is 6.57. The average molecular weight is 335 g/mol. The molecule has 0 unspecified atom stereocenters. The van der Waals surface area contributed by atoms with E-state index in [0.717, 1.165) is 58.6 Å². The van der Waals surface area contributed by atoms with Gasteiger partial charge in [0.1, 0.15) is 0 Å². The summed E-state index contributed by atoms with van der Waals surface area (Å²) >= 11 is 0. The third-order valence-electron chi connectivity index (χ3n) is 4.42. The minimum absolute atomic E-state index is 0.466. The van der Waals surface area contributed by atoms with Crippen LogP contribution in [0.2, 0.25) is 0 Å². The Kier molecular flexibility index (Phi) is 6.40. The minimum atomic E-state index is 0.466. The Morgan fingerprint density at radius 2 is 2.04 bits per heavy atom. The van der Waals surface area contributed by atoms with Crippen LogP contribution in [-0.4, -0.2) is 11.8 Å². The van der Waals surface area contributed by atoms with E-state index in [2.05, 4.69) is 49.4 Å². The molecule has 0 fully saturated rings. The van der Waals surface area contributed by atoms with Crippen molar-refractivity contribution in [3.63, 3.8) is 0 Å². The maximum Gasteiger partial charge on any atom is 0.0521 e. The van der Waals surface area contributed by atoms with Gasteiger partial charge in [0.05, 0.1) is 5.71 Å². The number of aliphatic imine (C=N–C) groups is 1. The molecule has 132 valence electrons. The standard InChI is InChI=1S/C22H29N3/c1-6-20(7-2)25-16(5)19-13-22(24-14-19)18-10-8-9-17(12-18)21(23)11-15(3)4/h8-12,14,20,25H,3,5-7,13,23H2,1-2,4H3/b21-11-. The van der Waals surface area contributed by atoms with Gasteiger partial charge in [0.15, 0.2) is 0 Å². The fourth-order valence-electron chi connectivity index (χ4n) is 2.85. The van der Waals surface area contributed by atoms with E-state index in [0.29, 0.717) is 6.04 Å². The summed E-state index contributed by atoms with van der Waals surface area (Å²) in [5.41, 5.74) is 13.1. The van der Waals surface area contributed by atoms with Crippen molar-refractivity contribution in [3.05, 3.63) is 77.7 Å². The minimum Gasteiger partial charge on any atom is -0.398 e. The van der Waals surface area contributed by atoms with Gasteiger partial charge in [-0.1, -0.05) is 50.8 Å². The molecule has 1 aliphatic rings. The number of rotatable bonds is 8. The highest BCUT2D eigenvalue weighted by Crippen LogP contribution is 2.23. The van der Waals surface area contributed by atoms with E-state index in [1.54, 1.807) is 0 Å². The predicted octanol–water partition coefficient (Wildman–Crippen LogP) is 4.93. The van der Waals surface area contributed by atoms with Crippen LogP contribution in [0, 0.1) is 0 Å². The van der Waals surface area contributed by atoms with E-state index in [9.17, 15) is 0 Å². The first-order chi connectivity index (χ1) is 11.9. The zero-order valence-corrected chi connectivity index (χ0v) is 15.6. The van der Waals surface area contributed by atoms with Crippen molar-refractivity contribution in [3.8, 4) is 0 Å². The first-order valence-corrected chi connectivity index (χ1v) is 8.89. The zero-order chi connectivity index (χ0) is 18.4. The van der Waals surface area contributed by atoms with Crippen LogP contribution in [0.15, 0.2) is 71.5 Å². The van der Waals surface area contributed by atoms with E-state index in [1.807, 2.05) is 31.3 Å². The molecular weight excluding hydrogens is 306 g/mol. The molecule has 1 aliphatic heterocycles. The summed E-state index contributed by atoms with van der Waals surface area (Å²) in [6.45, 7) is 14.4. The number of hydrogen-bond donors (Lipinski definition) is 2. The number of nitrogens with one attached hydrogen (secondary N) is 1. The molecule has 0 atom stereocenters. The summed E-state index contributed by atoms with van der Waals surface area (Å²) in [5.74, 6) is 0. The van der Waals surface area contributed by atoms with Gasteiger partial charge in [-0.25, -0.2) is 0 Å². The lowest BCUT2D eigenvalue weighted by Crippen LogP contribution is -2.27. The average Bonchev–Trinajstić information content (AvgIpc) is 3.09. The van der Waals surface area contributed by atoms with E-state index < -0.39 is 0 Å². The normalized spacial score (nSPS) is 14.3. The summed E-state index contributed by atoms with van der Waals surface area (Å²) in [6.07, 6.45) is 6.78. The number of nitrogens with zero attached hydrogens (tertiary/aromatic N) is 1. The number of allylic oxidation sites excluding steroid dienone is 3. The molecule has 1 heterocycles. The number of hydrogen-bond acceptors (Lipinski definition) is 3. The Morgan fingerprint density at radius 3 is 2.68 bits per heavy atom. The Balaban J connectivity index is 2.08. The number of nitrogens with two attached hydrogens (primary N) is 1. The van der Waals surface area contributed by atoms with E-state index >= 15 is 0 Å². The fraction of sp³-hybridized carbons (Fsp3) is 0.318. The molecule has 25 heavy (non-hydrogen) atoms. The first-order valence-electron chi connectivity index (χ1n) is 8.89. The molecule has 2 rings (SSSR count). The summed E-state index contributed by atoms with van der Waals surface area (Å²) in [4.78, 5) is 4.60. The predicted molar refractivity (Wildman–Crippen MR) is 109 cm³/mol. The summed E-state index contributed by atoms with van der Waals surface area (Å²) in [5, 5.41) is 3.51. The molecule has 0 spiro atoms. The topological polar surface area (TPSA) is 50.4 Å². The molecular formula is C22H29N3. The van der Waals surface area contributed by atoms with Gasteiger partial charge in [-0.05, 0) is 48.6 Å². The van der Waals surface area contributed by atoms with Crippen molar-refractivity contribution in [2.45, 2.75) is 46.1 Å². The summed E-state index contributed by atoms with van der Waals surface area (Å²) < 4.78 is 0. The van der Waals surface area contributed by atoms with Crippen LogP contribution in [-0.2, 0) is 0 Å². The molecule has 3 heteroatoms. The van der Waals surface area contributed by atoms with Crippen LogP contribution in [0.3, 0.4) is 0 Å². The van der Waals surface area contributed by atoms with E-state index in [-0.39, 0.29) is 0 Å². The highest BCUT2D eigenvalue weighted by molar-refractivity contribution is 6.04. The van der Waals surface area contributed by atoms with Gasteiger partial charge < -0.3 is 11.1 Å². The van der Waals surface area contributed by atoms with Gasteiger partial charge in [-0.15, -0.1) is 0 Å². The SMILES string of the molecule is C=C(C)/C=C(\N)c1cccc(C2=NC=C(C(=C)NC(CC)CC)C2)c1. The quantitative estimate of drug-likeness (QED) is 0.662. The van der Waals surface area contributed by atoms with E-state index in [4.69, 9.17) is 5.73 Å². The Labute approximate surface area is 151 Å². The van der Waals surface area contributed by atoms with Crippen molar-refractivity contribution < 1.29 is 0 Å². The molecule has 0 saturated carbocycles. The van der Waals surface area contributed by atoms with Crippen LogP contribution in [0.25, 0.3) is 5.70 Å². The van der Waals surface area contributed by atoms with Crippen LogP contribution < -0.4 is 11.1 Å². The summed E-state index contributed by atoms with van der Waals surface area (Å²) in [7, 11) is 0. The number of benzene rings is 1. The fourth-order valence-corrected chi connectivity index (χ4v) is 2.85.